The predicted molar refractivity (Wildman–Crippen MR) is 31.1 cm³/mol. The summed E-state index contributed by atoms with van der Waals surface area (Å²) in [6.45, 7) is 1.26. The van der Waals surface area contributed by atoms with E-state index in [1.807, 2.05) is 0 Å². The highest BCUT2D eigenvalue weighted by Gasteiger charge is 1.60. The fourth-order valence-corrected chi connectivity index (χ4v) is 0.213. The second-order valence-electron chi connectivity index (χ2n) is 1.10. The Morgan fingerprint density at radius 2 is 1.25 bits per heavy atom. The molecule has 0 aliphatic carbocycles. The monoisotopic (exact) mass is 110 g/mol. The Kier molecular flexibility index (Phi) is 5.32. The maximum absolute atomic E-state index is 3.53. The average molecular weight is 110 g/mol. The third-order valence-corrected chi connectivity index (χ3v) is 0.489. The molecule has 42 valence electrons. The zero-order valence-electron chi connectivity index (χ0n) is 4.83. The SMILES string of the molecule is [NH3+]CC#CC#CC[NH3+]. The highest BCUT2D eigenvalue weighted by Crippen LogP contribution is 1.46. The molecule has 0 radical (unpaired) electrons. The summed E-state index contributed by atoms with van der Waals surface area (Å²) in [5, 5.41) is 0. The zero-order chi connectivity index (χ0) is 6.24. The molecule has 0 saturated heterocycles. The molecule has 0 spiro atoms. The first-order valence-electron chi connectivity index (χ1n) is 2.46. The molecule has 6 N–H and O–H groups in total. The van der Waals surface area contributed by atoms with Crippen molar-refractivity contribution >= 4 is 0 Å². The fraction of sp³-hybridized carbons (Fsp3) is 0.333. The Bertz CT molecular complexity index is 131. The van der Waals surface area contributed by atoms with Crippen LogP contribution in [0.4, 0.5) is 0 Å². The van der Waals surface area contributed by atoms with Crippen LogP contribution in [0, 0.1) is 23.7 Å². The van der Waals surface area contributed by atoms with Crippen molar-refractivity contribution in [1.29, 1.82) is 0 Å². The van der Waals surface area contributed by atoms with E-state index in [0.717, 1.165) is 0 Å². The van der Waals surface area contributed by atoms with Gasteiger partial charge in [-0.1, -0.05) is 0 Å². The summed E-state index contributed by atoms with van der Waals surface area (Å²) < 4.78 is 0. The average Bonchev–Trinajstić information content (AvgIpc) is 1.81. The van der Waals surface area contributed by atoms with E-state index in [4.69, 9.17) is 0 Å². The van der Waals surface area contributed by atoms with Crippen molar-refractivity contribution in [2.24, 2.45) is 0 Å². The maximum Gasteiger partial charge on any atom is 0.137 e. The molecule has 0 aromatic rings. The molecule has 0 rings (SSSR count). The van der Waals surface area contributed by atoms with Crippen LogP contribution in [0.5, 0.6) is 0 Å². The Balaban J connectivity index is 3.40. The summed E-state index contributed by atoms with van der Waals surface area (Å²) in [6, 6.07) is 0. The molecule has 0 unspecified atom stereocenters. The van der Waals surface area contributed by atoms with Crippen LogP contribution >= 0.6 is 0 Å². The molecule has 0 aliphatic heterocycles. The summed E-state index contributed by atoms with van der Waals surface area (Å²) in [5.74, 6) is 10.7. The van der Waals surface area contributed by atoms with Gasteiger partial charge in [0.1, 0.15) is 13.1 Å². The quantitative estimate of drug-likeness (QED) is 0.323. The van der Waals surface area contributed by atoms with Crippen molar-refractivity contribution in [2.75, 3.05) is 13.1 Å². The van der Waals surface area contributed by atoms with Gasteiger partial charge in [-0.2, -0.15) is 0 Å². The van der Waals surface area contributed by atoms with Gasteiger partial charge in [0.05, 0.1) is 0 Å². The highest BCUT2D eigenvalue weighted by atomic mass is 14.5. The lowest BCUT2D eigenvalue weighted by Gasteiger charge is -1.62. The Labute approximate surface area is 49.2 Å². The first-order valence-corrected chi connectivity index (χ1v) is 2.46. The normalized spacial score (nSPS) is 5.75. The number of hydrogen-bond donors (Lipinski definition) is 2. The van der Waals surface area contributed by atoms with E-state index >= 15 is 0 Å². The molecule has 0 aliphatic rings. The minimum Gasteiger partial charge on any atom is -0.347 e. The first-order chi connectivity index (χ1) is 3.91. The summed E-state index contributed by atoms with van der Waals surface area (Å²) in [6.07, 6.45) is 0. The molecule has 0 fully saturated rings. The molecular formula is C6H10N2+2. The van der Waals surface area contributed by atoms with E-state index < -0.39 is 0 Å². The van der Waals surface area contributed by atoms with Gasteiger partial charge in [-0.3, -0.25) is 0 Å². The summed E-state index contributed by atoms with van der Waals surface area (Å²) >= 11 is 0. The molecule has 0 heterocycles. The third kappa shape index (κ3) is 5.04. The van der Waals surface area contributed by atoms with Crippen LogP contribution in [0.2, 0.25) is 0 Å². The van der Waals surface area contributed by atoms with Crippen LogP contribution in [0.25, 0.3) is 0 Å². The molecule has 0 amide bonds. The largest absolute Gasteiger partial charge is 0.347 e. The number of hydrogen-bond acceptors (Lipinski definition) is 0. The van der Waals surface area contributed by atoms with Crippen molar-refractivity contribution < 1.29 is 11.5 Å². The molecule has 0 bridgehead atoms. The van der Waals surface area contributed by atoms with Gasteiger partial charge in [0, 0.05) is 0 Å². The van der Waals surface area contributed by atoms with Gasteiger partial charge in [-0.05, 0) is 23.7 Å². The van der Waals surface area contributed by atoms with Gasteiger partial charge >= 0.3 is 0 Å². The molecule has 2 nitrogen and oxygen atoms in total. The molecule has 0 saturated carbocycles. The topological polar surface area (TPSA) is 55.3 Å². The van der Waals surface area contributed by atoms with Crippen molar-refractivity contribution in [2.45, 2.75) is 0 Å². The fourth-order valence-electron chi connectivity index (χ4n) is 0.213. The number of rotatable bonds is 0. The van der Waals surface area contributed by atoms with E-state index in [1.54, 1.807) is 0 Å². The van der Waals surface area contributed by atoms with Crippen LogP contribution < -0.4 is 11.5 Å². The third-order valence-electron chi connectivity index (χ3n) is 0.489. The van der Waals surface area contributed by atoms with Crippen LogP contribution in [0.15, 0.2) is 0 Å². The van der Waals surface area contributed by atoms with Gasteiger partial charge < -0.3 is 11.5 Å². The summed E-state index contributed by atoms with van der Waals surface area (Å²) in [4.78, 5) is 0. The van der Waals surface area contributed by atoms with Crippen molar-refractivity contribution in [3.05, 3.63) is 0 Å². The Morgan fingerprint density at radius 3 is 1.50 bits per heavy atom. The lowest BCUT2D eigenvalue weighted by Crippen LogP contribution is -2.49. The van der Waals surface area contributed by atoms with Crippen LogP contribution in [0.3, 0.4) is 0 Å². The van der Waals surface area contributed by atoms with E-state index in [9.17, 15) is 0 Å². The highest BCUT2D eigenvalue weighted by molar-refractivity contribution is 5.25. The van der Waals surface area contributed by atoms with Crippen LogP contribution in [0.1, 0.15) is 0 Å². The molecule has 0 aromatic carbocycles. The second-order valence-corrected chi connectivity index (χ2v) is 1.10. The van der Waals surface area contributed by atoms with Gasteiger partial charge in [0.2, 0.25) is 0 Å². The molecular weight excluding hydrogens is 100 g/mol. The van der Waals surface area contributed by atoms with E-state index in [-0.39, 0.29) is 0 Å². The van der Waals surface area contributed by atoms with Gasteiger partial charge in [0.15, 0.2) is 0 Å². The van der Waals surface area contributed by atoms with Crippen molar-refractivity contribution in [3.8, 4) is 23.7 Å². The van der Waals surface area contributed by atoms with Gasteiger partial charge in [-0.25, -0.2) is 0 Å². The van der Waals surface area contributed by atoms with E-state index in [1.165, 1.54) is 0 Å². The molecule has 0 aromatic heterocycles. The minimum absolute atomic E-state index is 0.631. The van der Waals surface area contributed by atoms with Gasteiger partial charge in [0.25, 0.3) is 0 Å². The summed E-state index contributed by atoms with van der Waals surface area (Å²) in [7, 11) is 0. The molecule has 2 heteroatoms. The second kappa shape index (κ2) is 6.04. The Hall–Kier alpha value is -0.960. The number of quaternary nitrogens is 2. The zero-order valence-corrected chi connectivity index (χ0v) is 4.83. The van der Waals surface area contributed by atoms with Crippen molar-refractivity contribution in [3.63, 3.8) is 0 Å². The standard InChI is InChI=1S/C6H8N2/c7-5-3-1-2-4-6-8/h5-8H2/p+2. The van der Waals surface area contributed by atoms with Gasteiger partial charge in [-0.15, -0.1) is 0 Å². The first kappa shape index (κ1) is 7.04. The Morgan fingerprint density at radius 1 is 0.875 bits per heavy atom. The van der Waals surface area contributed by atoms with Crippen LogP contribution in [-0.4, -0.2) is 13.1 Å². The lowest BCUT2D eigenvalue weighted by atomic mass is 10.5. The summed E-state index contributed by atoms with van der Waals surface area (Å²) in [5.41, 5.74) is 7.05. The van der Waals surface area contributed by atoms with E-state index in [2.05, 4.69) is 35.1 Å². The van der Waals surface area contributed by atoms with Crippen LogP contribution in [-0.2, 0) is 0 Å². The van der Waals surface area contributed by atoms with E-state index in [0.29, 0.717) is 13.1 Å². The maximum atomic E-state index is 3.53. The smallest absolute Gasteiger partial charge is 0.137 e. The minimum atomic E-state index is 0.631. The molecule has 0 atom stereocenters. The molecule has 8 heavy (non-hydrogen) atoms. The predicted octanol–water partition coefficient (Wildman–Crippen LogP) is -2.52. The lowest BCUT2D eigenvalue weighted by molar-refractivity contribution is -0.350. The van der Waals surface area contributed by atoms with Crippen molar-refractivity contribution in [1.82, 2.24) is 0 Å².